The third kappa shape index (κ3) is 5.34. The van der Waals surface area contributed by atoms with E-state index in [1.807, 2.05) is 0 Å². The van der Waals surface area contributed by atoms with Gasteiger partial charge in [0.1, 0.15) is 6.17 Å². The maximum Gasteiger partial charge on any atom is 0.101 e. The van der Waals surface area contributed by atoms with Gasteiger partial charge in [-0.3, -0.25) is 0 Å². The number of alkyl halides is 1. The SMILES string of the molecule is CC(F)C/C=C\C=N. The molecule has 0 aliphatic heterocycles. The van der Waals surface area contributed by atoms with Crippen molar-refractivity contribution in [3.63, 3.8) is 0 Å². The Morgan fingerprint density at radius 1 is 1.75 bits per heavy atom. The zero-order valence-electron chi connectivity index (χ0n) is 4.89. The molecule has 1 unspecified atom stereocenters. The van der Waals surface area contributed by atoms with Crippen molar-refractivity contribution < 1.29 is 4.39 Å². The van der Waals surface area contributed by atoms with E-state index in [0.717, 1.165) is 6.21 Å². The molecular weight excluding hydrogens is 105 g/mol. The van der Waals surface area contributed by atoms with Gasteiger partial charge < -0.3 is 5.41 Å². The molecule has 0 amide bonds. The molecule has 0 aliphatic rings. The smallest absolute Gasteiger partial charge is 0.101 e. The van der Waals surface area contributed by atoms with Gasteiger partial charge in [0.15, 0.2) is 0 Å². The first-order valence-electron chi connectivity index (χ1n) is 2.57. The van der Waals surface area contributed by atoms with Gasteiger partial charge in [-0.2, -0.15) is 0 Å². The first-order chi connectivity index (χ1) is 3.77. The zero-order chi connectivity index (χ0) is 6.41. The van der Waals surface area contributed by atoms with E-state index in [1.54, 1.807) is 6.08 Å². The minimum absolute atomic E-state index is 0.412. The lowest BCUT2D eigenvalue weighted by molar-refractivity contribution is 0.365. The fraction of sp³-hybridized carbons (Fsp3) is 0.500. The Morgan fingerprint density at radius 2 is 2.38 bits per heavy atom. The molecule has 8 heavy (non-hydrogen) atoms. The van der Waals surface area contributed by atoms with Crippen molar-refractivity contribution in [2.45, 2.75) is 19.5 Å². The maximum absolute atomic E-state index is 11.9. The molecule has 0 heterocycles. The van der Waals surface area contributed by atoms with Crippen LogP contribution >= 0.6 is 0 Å². The minimum atomic E-state index is -0.786. The van der Waals surface area contributed by atoms with E-state index >= 15 is 0 Å². The summed E-state index contributed by atoms with van der Waals surface area (Å²) in [7, 11) is 0. The van der Waals surface area contributed by atoms with E-state index in [0.29, 0.717) is 6.42 Å². The average molecular weight is 115 g/mol. The van der Waals surface area contributed by atoms with Crippen LogP contribution in [-0.2, 0) is 0 Å². The van der Waals surface area contributed by atoms with Crippen LogP contribution < -0.4 is 0 Å². The van der Waals surface area contributed by atoms with Crippen molar-refractivity contribution in [1.82, 2.24) is 0 Å². The predicted octanol–water partition coefficient (Wildman–Crippen LogP) is 1.94. The van der Waals surface area contributed by atoms with Crippen LogP contribution in [0.25, 0.3) is 0 Å². The van der Waals surface area contributed by atoms with Crippen LogP contribution in [0.2, 0.25) is 0 Å². The molecule has 0 aromatic carbocycles. The molecule has 0 fully saturated rings. The van der Waals surface area contributed by atoms with Gasteiger partial charge in [-0.25, -0.2) is 4.39 Å². The molecule has 46 valence electrons. The van der Waals surface area contributed by atoms with Crippen LogP contribution in [0.1, 0.15) is 13.3 Å². The van der Waals surface area contributed by atoms with Crippen molar-refractivity contribution in [3.8, 4) is 0 Å². The quantitative estimate of drug-likeness (QED) is 0.543. The third-order valence-corrected chi connectivity index (χ3v) is 0.693. The second-order valence-electron chi connectivity index (χ2n) is 1.61. The second kappa shape index (κ2) is 4.50. The predicted molar refractivity (Wildman–Crippen MR) is 33.1 cm³/mol. The molecular formula is C6H10FN. The highest BCUT2D eigenvalue weighted by Crippen LogP contribution is 1.94. The molecule has 0 aromatic heterocycles. The van der Waals surface area contributed by atoms with Gasteiger partial charge in [0, 0.05) is 6.21 Å². The molecule has 0 radical (unpaired) electrons. The first kappa shape index (κ1) is 7.34. The molecule has 0 aliphatic carbocycles. The van der Waals surface area contributed by atoms with E-state index in [2.05, 4.69) is 0 Å². The number of halogens is 1. The fourth-order valence-corrected chi connectivity index (χ4v) is 0.334. The second-order valence-corrected chi connectivity index (χ2v) is 1.61. The summed E-state index contributed by atoms with van der Waals surface area (Å²) >= 11 is 0. The Kier molecular flexibility index (Phi) is 4.13. The van der Waals surface area contributed by atoms with Crippen molar-refractivity contribution in [1.29, 1.82) is 5.41 Å². The molecule has 1 atom stereocenters. The molecule has 0 rings (SSSR count). The Labute approximate surface area is 48.7 Å². The van der Waals surface area contributed by atoms with Crippen LogP contribution in [0.4, 0.5) is 4.39 Å². The largest absolute Gasteiger partial charge is 0.309 e. The van der Waals surface area contributed by atoms with Gasteiger partial charge in [0.05, 0.1) is 0 Å². The van der Waals surface area contributed by atoms with E-state index < -0.39 is 6.17 Å². The van der Waals surface area contributed by atoms with Crippen LogP contribution in [0.3, 0.4) is 0 Å². The van der Waals surface area contributed by atoms with Gasteiger partial charge >= 0.3 is 0 Å². The van der Waals surface area contributed by atoms with Crippen LogP contribution in [0, 0.1) is 5.41 Å². The highest BCUT2D eigenvalue weighted by atomic mass is 19.1. The van der Waals surface area contributed by atoms with E-state index in [4.69, 9.17) is 5.41 Å². The van der Waals surface area contributed by atoms with Gasteiger partial charge in [0.25, 0.3) is 0 Å². The summed E-state index contributed by atoms with van der Waals surface area (Å²) in [4.78, 5) is 0. The van der Waals surface area contributed by atoms with Gasteiger partial charge in [-0.05, 0) is 19.4 Å². The standard InChI is InChI=1S/C6H10FN/c1-6(7)4-2-3-5-8/h2-3,5-6,8H,4H2,1H3/b3-2-,8-5?. The van der Waals surface area contributed by atoms with Gasteiger partial charge in [-0.15, -0.1) is 0 Å². The highest BCUT2D eigenvalue weighted by Gasteiger charge is 1.89. The lowest BCUT2D eigenvalue weighted by atomic mass is 10.3. The molecule has 1 N–H and O–H groups in total. The summed E-state index contributed by atoms with van der Waals surface area (Å²) in [5.74, 6) is 0. The molecule has 1 nitrogen and oxygen atoms in total. The van der Waals surface area contributed by atoms with Crippen LogP contribution in [0.5, 0.6) is 0 Å². The van der Waals surface area contributed by atoms with E-state index in [9.17, 15) is 4.39 Å². The van der Waals surface area contributed by atoms with Crippen LogP contribution in [0.15, 0.2) is 12.2 Å². The number of hydrogen-bond donors (Lipinski definition) is 1. The summed E-state index contributed by atoms with van der Waals surface area (Å²) in [5.41, 5.74) is 0. The Hall–Kier alpha value is -0.660. The Bertz CT molecular complexity index is 86.5. The lowest BCUT2D eigenvalue weighted by Crippen LogP contribution is -1.86. The van der Waals surface area contributed by atoms with Crippen LogP contribution in [-0.4, -0.2) is 12.4 Å². The number of allylic oxidation sites excluding steroid dienone is 2. The number of nitrogens with one attached hydrogen (secondary N) is 1. The lowest BCUT2D eigenvalue weighted by Gasteiger charge is -1.89. The Morgan fingerprint density at radius 3 is 2.75 bits per heavy atom. The van der Waals surface area contributed by atoms with Gasteiger partial charge in [0.2, 0.25) is 0 Å². The zero-order valence-corrected chi connectivity index (χ0v) is 4.89. The highest BCUT2D eigenvalue weighted by molar-refractivity contribution is 5.67. The third-order valence-electron chi connectivity index (χ3n) is 0.693. The summed E-state index contributed by atoms with van der Waals surface area (Å²) in [5, 5.41) is 6.51. The molecule has 0 bridgehead atoms. The summed E-state index contributed by atoms with van der Waals surface area (Å²) in [6, 6.07) is 0. The van der Waals surface area contributed by atoms with Crippen molar-refractivity contribution in [2.24, 2.45) is 0 Å². The van der Waals surface area contributed by atoms with Gasteiger partial charge in [-0.1, -0.05) is 6.08 Å². The summed E-state index contributed by atoms with van der Waals surface area (Å²) < 4.78 is 11.9. The molecule has 2 heteroatoms. The van der Waals surface area contributed by atoms with Crippen molar-refractivity contribution >= 4 is 6.21 Å². The normalized spacial score (nSPS) is 14.2. The Balaban J connectivity index is 3.15. The first-order valence-corrected chi connectivity index (χ1v) is 2.57. The summed E-state index contributed by atoms with van der Waals surface area (Å²) in [6.45, 7) is 1.49. The molecule has 0 saturated heterocycles. The fourth-order valence-electron chi connectivity index (χ4n) is 0.334. The monoisotopic (exact) mass is 115 g/mol. The van der Waals surface area contributed by atoms with E-state index in [-0.39, 0.29) is 0 Å². The van der Waals surface area contributed by atoms with E-state index in [1.165, 1.54) is 13.0 Å². The average Bonchev–Trinajstić information content (AvgIpc) is 1.66. The minimum Gasteiger partial charge on any atom is -0.309 e. The molecule has 0 spiro atoms. The van der Waals surface area contributed by atoms with Crippen molar-refractivity contribution in [3.05, 3.63) is 12.2 Å². The molecule has 0 aromatic rings. The number of hydrogen-bond acceptors (Lipinski definition) is 1. The van der Waals surface area contributed by atoms with Crippen molar-refractivity contribution in [2.75, 3.05) is 0 Å². The topological polar surface area (TPSA) is 23.9 Å². The maximum atomic E-state index is 11.9. The summed E-state index contributed by atoms with van der Waals surface area (Å²) in [6.07, 6.45) is 3.93. The number of rotatable bonds is 3. The molecule has 0 saturated carbocycles.